The minimum absolute atomic E-state index is 0.00567. The van der Waals surface area contributed by atoms with Crippen molar-refractivity contribution >= 4 is 21.6 Å². The summed E-state index contributed by atoms with van der Waals surface area (Å²) in [6.07, 6.45) is 0. The molecule has 0 aliphatic heterocycles. The highest BCUT2D eigenvalue weighted by molar-refractivity contribution is 7.89. The first kappa shape index (κ1) is 14.8. The highest BCUT2D eigenvalue weighted by Gasteiger charge is 2.16. The third kappa shape index (κ3) is 3.69. The molecule has 4 nitrogen and oxygen atoms in total. The molecule has 0 saturated carbocycles. The van der Waals surface area contributed by atoms with Gasteiger partial charge in [0.2, 0.25) is 10.0 Å². The largest absolute Gasteiger partial charge is 0.487 e. The predicted octanol–water partition coefficient (Wildman–Crippen LogP) is 2.71. The summed E-state index contributed by atoms with van der Waals surface area (Å²) in [6, 6.07) is 10.0. The number of ether oxygens (including phenoxy) is 1. The molecule has 7 heteroatoms. The molecule has 0 heterocycles. The molecule has 0 amide bonds. The van der Waals surface area contributed by atoms with E-state index in [9.17, 15) is 12.8 Å². The molecular weight excluding hydrogens is 305 g/mol. The van der Waals surface area contributed by atoms with Gasteiger partial charge >= 0.3 is 0 Å². The first-order chi connectivity index (χ1) is 9.36. The van der Waals surface area contributed by atoms with Crippen LogP contribution in [-0.4, -0.2) is 8.42 Å². The van der Waals surface area contributed by atoms with E-state index in [1.54, 1.807) is 24.3 Å². The van der Waals surface area contributed by atoms with Crippen molar-refractivity contribution < 1.29 is 17.5 Å². The molecule has 106 valence electrons. The van der Waals surface area contributed by atoms with Crippen molar-refractivity contribution in [3.05, 3.63) is 58.9 Å². The number of nitrogens with two attached hydrogens (primary N) is 1. The van der Waals surface area contributed by atoms with Crippen molar-refractivity contribution in [2.45, 2.75) is 11.5 Å². The van der Waals surface area contributed by atoms with E-state index in [0.29, 0.717) is 5.02 Å². The number of sulfonamides is 1. The van der Waals surface area contributed by atoms with E-state index in [1.807, 2.05) is 0 Å². The van der Waals surface area contributed by atoms with E-state index in [1.165, 1.54) is 6.07 Å². The highest BCUT2D eigenvalue weighted by atomic mass is 35.5. The fraction of sp³-hybridized carbons (Fsp3) is 0.0769. The Labute approximate surface area is 121 Å². The first-order valence-corrected chi connectivity index (χ1v) is 7.48. The van der Waals surface area contributed by atoms with Crippen molar-refractivity contribution in [2.75, 3.05) is 0 Å². The fourth-order valence-electron chi connectivity index (χ4n) is 1.61. The lowest BCUT2D eigenvalue weighted by molar-refractivity contribution is 0.297. The van der Waals surface area contributed by atoms with Gasteiger partial charge in [0.1, 0.15) is 23.1 Å². The molecule has 2 aromatic carbocycles. The standard InChI is InChI=1S/C13H11ClFNO3S/c14-10-3-1-2-9(6-10)8-19-12-5-4-11(15)7-13(12)20(16,17)18/h1-7H,8H2,(H2,16,17,18). The van der Waals surface area contributed by atoms with E-state index >= 15 is 0 Å². The summed E-state index contributed by atoms with van der Waals surface area (Å²) in [7, 11) is -4.06. The Balaban J connectivity index is 2.26. The number of rotatable bonds is 4. The summed E-state index contributed by atoms with van der Waals surface area (Å²) < 4.78 is 41.2. The Morgan fingerprint density at radius 2 is 1.95 bits per heavy atom. The maximum Gasteiger partial charge on any atom is 0.241 e. The lowest BCUT2D eigenvalue weighted by Gasteiger charge is -2.10. The number of hydrogen-bond donors (Lipinski definition) is 1. The van der Waals surface area contributed by atoms with Gasteiger partial charge in [-0.15, -0.1) is 0 Å². The molecule has 0 aromatic heterocycles. The van der Waals surface area contributed by atoms with Crippen LogP contribution in [0.25, 0.3) is 0 Å². The molecular formula is C13H11ClFNO3S. The number of hydrogen-bond acceptors (Lipinski definition) is 3. The van der Waals surface area contributed by atoms with Gasteiger partial charge in [0, 0.05) is 5.02 Å². The van der Waals surface area contributed by atoms with Crippen molar-refractivity contribution in [2.24, 2.45) is 5.14 Å². The summed E-state index contributed by atoms with van der Waals surface area (Å²) in [5, 5.41) is 5.56. The second-order valence-electron chi connectivity index (χ2n) is 4.05. The smallest absolute Gasteiger partial charge is 0.241 e. The van der Waals surface area contributed by atoms with E-state index in [2.05, 4.69) is 0 Å². The molecule has 0 unspecified atom stereocenters. The minimum Gasteiger partial charge on any atom is -0.487 e. The molecule has 0 radical (unpaired) electrons. The normalized spacial score (nSPS) is 11.3. The molecule has 20 heavy (non-hydrogen) atoms. The van der Waals surface area contributed by atoms with Gasteiger partial charge in [-0.2, -0.15) is 0 Å². The van der Waals surface area contributed by atoms with Gasteiger partial charge in [0.15, 0.2) is 0 Å². The quantitative estimate of drug-likeness (QED) is 0.943. The SMILES string of the molecule is NS(=O)(=O)c1cc(F)ccc1OCc1cccc(Cl)c1. The van der Waals surface area contributed by atoms with Gasteiger partial charge in [-0.3, -0.25) is 0 Å². The number of halogens is 2. The van der Waals surface area contributed by atoms with E-state index < -0.39 is 15.8 Å². The number of benzene rings is 2. The first-order valence-electron chi connectivity index (χ1n) is 5.56. The Morgan fingerprint density at radius 3 is 2.60 bits per heavy atom. The third-order valence-electron chi connectivity index (χ3n) is 2.50. The van der Waals surface area contributed by atoms with Crippen LogP contribution in [0.4, 0.5) is 4.39 Å². The molecule has 0 saturated heterocycles. The van der Waals surface area contributed by atoms with Crippen LogP contribution in [0.3, 0.4) is 0 Å². The van der Waals surface area contributed by atoms with Crippen LogP contribution < -0.4 is 9.88 Å². The molecule has 0 bridgehead atoms. The summed E-state index contributed by atoms with van der Waals surface area (Å²) >= 11 is 5.83. The molecule has 0 fully saturated rings. The zero-order valence-electron chi connectivity index (χ0n) is 10.2. The Kier molecular flexibility index (Phi) is 4.27. The molecule has 2 aromatic rings. The van der Waals surface area contributed by atoms with E-state index in [0.717, 1.165) is 17.7 Å². The molecule has 0 aliphatic carbocycles. The zero-order chi connectivity index (χ0) is 14.8. The summed E-state index contributed by atoms with van der Waals surface area (Å²) in [6.45, 7) is 0.0920. The Hall–Kier alpha value is -1.63. The van der Waals surface area contributed by atoms with E-state index in [-0.39, 0.29) is 17.3 Å². The number of primary sulfonamides is 1. The molecule has 0 spiro atoms. The molecule has 0 atom stereocenters. The maximum absolute atomic E-state index is 13.1. The zero-order valence-corrected chi connectivity index (χ0v) is 11.8. The van der Waals surface area contributed by atoms with Crippen LogP contribution in [0.2, 0.25) is 5.02 Å². The average Bonchev–Trinajstić information content (AvgIpc) is 2.36. The topological polar surface area (TPSA) is 69.4 Å². The lowest BCUT2D eigenvalue weighted by Crippen LogP contribution is -2.14. The average molecular weight is 316 g/mol. The highest BCUT2D eigenvalue weighted by Crippen LogP contribution is 2.24. The minimum atomic E-state index is -4.06. The van der Waals surface area contributed by atoms with Gasteiger partial charge in [-0.25, -0.2) is 17.9 Å². The predicted molar refractivity (Wildman–Crippen MR) is 73.6 cm³/mol. The monoisotopic (exact) mass is 315 g/mol. The van der Waals surface area contributed by atoms with Crippen LogP contribution >= 0.6 is 11.6 Å². The van der Waals surface area contributed by atoms with Gasteiger partial charge in [-0.05, 0) is 35.9 Å². The maximum atomic E-state index is 13.1. The van der Waals surface area contributed by atoms with Crippen LogP contribution in [0, 0.1) is 5.82 Å². The van der Waals surface area contributed by atoms with Crippen molar-refractivity contribution in [1.29, 1.82) is 0 Å². The van der Waals surface area contributed by atoms with Gasteiger partial charge in [0.05, 0.1) is 0 Å². The molecule has 2 N–H and O–H groups in total. The van der Waals surface area contributed by atoms with Crippen LogP contribution in [-0.2, 0) is 16.6 Å². The lowest BCUT2D eigenvalue weighted by atomic mass is 10.2. The summed E-state index contributed by atoms with van der Waals surface area (Å²) in [5.41, 5.74) is 0.752. The van der Waals surface area contributed by atoms with Crippen molar-refractivity contribution in [3.63, 3.8) is 0 Å². The second-order valence-corrected chi connectivity index (χ2v) is 6.02. The summed E-state index contributed by atoms with van der Waals surface area (Å²) in [4.78, 5) is -0.389. The summed E-state index contributed by atoms with van der Waals surface area (Å²) in [5.74, 6) is -0.710. The van der Waals surface area contributed by atoms with Crippen LogP contribution in [0.1, 0.15) is 5.56 Å². The van der Waals surface area contributed by atoms with Crippen molar-refractivity contribution in [1.82, 2.24) is 0 Å². The van der Waals surface area contributed by atoms with Crippen LogP contribution in [0.5, 0.6) is 5.75 Å². The van der Waals surface area contributed by atoms with Gasteiger partial charge in [0.25, 0.3) is 0 Å². The third-order valence-corrected chi connectivity index (χ3v) is 3.66. The Bertz CT molecular complexity index is 734. The van der Waals surface area contributed by atoms with Crippen molar-refractivity contribution in [3.8, 4) is 5.75 Å². The molecule has 0 aliphatic rings. The van der Waals surface area contributed by atoms with E-state index in [4.69, 9.17) is 21.5 Å². The molecule has 2 rings (SSSR count). The van der Waals surface area contributed by atoms with Gasteiger partial charge in [-0.1, -0.05) is 23.7 Å². The second kappa shape index (κ2) is 5.78. The van der Waals surface area contributed by atoms with Crippen LogP contribution in [0.15, 0.2) is 47.4 Å². The Morgan fingerprint density at radius 1 is 1.20 bits per heavy atom. The fourth-order valence-corrected chi connectivity index (χ4v) is 2.51. The van der Waals surface area contributed by atoms with Gasteiger partial charge < -0.3 is 4.74 Å².